The fraction of sp³-hybridized carbons (Fsp3) is 0.571. The summed E-state index contributed by atoms with van der Waals surface area (Å²) in [5, 5.41) is 3.64. The molecule has 1 saturated carbocycles. The minimum absolute atomic E-state index is 0.700. The molecule has 3 rings (SSSR count). The van der Waals surface area contributed by atoms with E-state index in [1.54, 1.807) is 7.11 Å². The minimum Gasteiger partial charge on any atom is -0.497 e. The molecule has 1 aromatic rings. The van der Waals surface area contributed by atoms with Gasteiger partial charge in [0.05, 0.1) is 7.11 Å². The molecule has 2 nitrogen and oxygen atoms in total. The number of hydrogen-bond donors (Lipinski definition) is 1. The SMILES string of the molecule is COc1ccc2c(c1)C(CNC1CC1)CC2. The van der Waals surface area contributed by atoms with Gasteiger partial charge >= 0.3 is 0 Å². The maximum atomic E-state index is 5.31. The lowest BCUT2D eigenvalue weighted by atomic mass is 10.0. The summed E-state index contributed by atoms with van der Waals surface area (Å²) in [4.78, 5) is 0. The van der Waals surface area contributed by atoms with Gasteiger partial charge in [-0.15, -0.1) is 0 Å². The molecule has 0 heterocycles. The molecule has 2 heteroatoms. The number of rotatable bonds is 4. The van der Waals surface area contributed by atoms with E-state index in [1.807, 2.05) is 0 Å². The molecule has 2 aliphatic carbocycles. The Morgan fingerprint density at radius 3 is 2.94 bits per heavy atom. The highest BCUT2D eigenvalue weighted by Crippen LogP contribution is 2.35. The Hall–Kier alpha value is -1.02. The Bertz CT molecular complexity index is 384. The van der Waals surface area contributed by atoms with Gasteiger partial charge in [0.1, 0.15) is 5.75 Å². The van der Waals surface area contributed by atoms with Crippen molar-refractivity contribution in [3.8, 4) is 5.75 Å². The number of nitrogens with one attached hydrogen (secondary N) is 1. The molecule has 1 aromatic carbocycles. The average molecular weight is 217 g/mol. The number of fused-ring (bicyclic) bond motifs is 1. The molecule has 1 fully saturated rings. The molecule has 0 aliphatic heterocycles. The van der Waals surface area contributed by atoms with Gasteiger partial charge in [-0.25, -0.2) is 0 Å². The van der Waals surface area contributed by atoms with Crippen LogP contribution in [0.5, 0.6) is 5.75 Å². The molecule has 0 aromatic heterocycles. The molecular formula is C14H19NO. The van der Waals surface area contributed by atoms with Crippen LogP contribution < -0.4 is 10.1 Å². The molecule has 0 spiro atoms. The summed E-state index contributed by atoms with van der Waals surface area (Å²) in [6.45, 7) is 1.14. The number of hydrogen-bond acceptors (Lipinski definition) is 2. The topological polar surface area (TPSA) is 21.3 Å². The highest BCUT2D eigenvalue weighted by Gasteiger charge is 2.26. The Balaban J connectivity index is 1.74. The van der Waals surface area contributed by atoms with Crippen molar-refractivity contribution >= 4 is 0 Å². The van der Waals surface area contributed by atoms with Crippen LogP contribution in [0.3, 0.4) is 0 Å². The first-order chi connectivity index (χ1) is 7.86. The second-order valence-corrected chi connectivity index (χ2v) is 4.98. The van der Waals surface area contributed by atoms with Crippen LogP contribution in [0.2, 0.25) is 0 Å². The van der Waals surface area contributed by atoms with Gasteiger partial charge in [0.25, 0.3) is 0 Å². The maximum absolute atomic E-state index is 5.31. The monoisotopic (exact) mass is 217 g/mol. The van der Waals surface area contributed by atoms with Crippen LogP contribution in [-0.2, 0) is 6.42 Å². The van der Waals surface area contributed by atoms with Crippen LogP contribution in [0.15, 0.2) is 18.2 Å². The van der Waals surface area contributed by atoms with E-state index in [4.69, 9.17) is 4.74 Å². The number of methoxy groups -OCH3 is 1. The van der Waals surface area contributed by atoms with E-state index < -0.39 is 0 Å². The largest absolute Gasteiger partial charge is 0.497 e. The molecule has 1 N–H and O–H groups in total. The lowest BCUT2D eigenvalue weighted by Crippen LogP contribution is -2.22. The fourth-order valence-corrected chi connectivity index (χ4v) is 2.60. The van der Waals surface area contributed by atoms with E-state index in [-0.39, 0.29) is 0 Å². The summed E-state index contributed by atoms with van der Waals surface area (Å²) in [5.74, 6) is 1.70. The van der Waals surface area contributed by atoms with Gasteiger partial charge in [-0.3, -0.25) is 0 Å². The minimum atomic E-state index is 0.700. The molecule has 1 atom stereocenters. The van der Waals surface area contributed by atoms with E-state index in [0.717, 1.165) is 18.3 Å². The molecule has 86 valence electrons. The Morgan fingerprint density at radius 2 is 2.19 bits per heavy atom. The Kier molecular flexibility index (Phi) is 2.60. The van der Waals surface area contributed by atoms with Crippen molar-refractivity contribution in [3.05, 3.63) is 29.3 Å². The molecule has 2 aliphatic rings. The first-order valence-corrected chi connectivity index (χ1v) is 6.27. The predicted molar refractivity (Wildman–Crippen MR) is 65.1 cm³/mol. The first kappa shape index (κ1) is 10.2. The predicted octanol–water partition coefficient (Wildman–Crippen LogP) is 2.48. The van der Waals surface area contributed by atoms with Crippen LogP contribution in [-0.4, -0.2) is 19.7 Å². The summed E-state index contributed by atoms with van der Waals surface area (Å²) in [5.41, 5.74) is 3.02. The van der Waals surface area contributed by atoms with E-state index in [9.17, 15) is 0 Å². The van der Waals surface area contributed by atoms with Gasteiger partial charge in [-0.1, -0.05) is 6.07 Å². The van der Waals surface area contributed by atoms with Crippen LogP contribution in [0.4, 0.5) is 0 Å². The lowest BCUT2D eigenvalue weighted by Gasteiger charge is -2.13. The molecule has 0 radical (unpaired) electrons. The quantitative estimate of drug-likeness (QED) is 0.836. The molecule has 1 unspecified atom stereocenters. The van der Waals surface area contributed by atoms with E-state index in [2.05, 4.69) is 23.5 Å². The van der Waals surface area contributed by atoms with Crippen LogP contribution in [0.1, 0.15) is 36.3 Å². The van der Waals surface area contributed by atoms with E-state index in [1.165, 1.54) is 36.8 Å². The molecular weight excluding hydrogens is 198 g/mol. The zero-order valence-electron chi connectivity index (χ0n) is 9.83. The van der Waals surface area contributed by atoms with Gasteiger partial charge in [0, 0.05) is 12.6 Å². The third-order valence-corrected chi connectivity index (χ3v) is 3.79. The normalized spacial score (nSPS) is 23.2. The van der Waals surface area contributed by atoms with Crippen molar-refractivity contribution in [3.63, 3.8) is 0 Å². The molecule has 0 amide bonds. The highest BCUT2D eigenvalue weighted by atomic mass is 16.5. The van der Waals surface area contributed by atoms with E-state index in [0.29, 0.717) is 5.92 Å². The second kappa shape index (κ2) is 4.10. The van der Waals surface area contributed by atoms with Crippen molar-refractivity contribution in [1.29, 1.82) is 0 Å². The summed E-state index contributed by atoms with van der Waals surface area (Å²) in [7, 11) is 1.74. The standard InChI is InChI=1S/C14H19NO/c1-16-13-7-4-10-2-3-11(14(10)8-13)9-15-12-5-6-12/h4,7-8,11-12,15H,2-3,5-6,9H2,1H3. The van der Waals surface area contributed by atoms with Crippen molar-refractivity contribution in [2.24, 2.45) is 0 Å². The zero-order valence-corrected chi connectivity index (χ0v) is 9.83. The number of benzene rings is 1. The third kappa shape index (κ3) is 1.94. The molecule has 0 saturated heterocycles. The second-order valence-electron chi connectivity index (χ2n) is 4.98. The van der Waals surface area contributed by atoms with E-state index >= 15 is 0 Å². The zero-order chi connectivity index (χ0) is 11.0. The van der Waals surface area contributed by atoms with Gasteiger partial charge in [0.15, 0.2) is 0 Å². The average Bonchev–Trinajstić information content (AvgIpc) is 3.06. The molecule has 16 heavy (non-hydrogen) atoms. The van der Waals surface area contributed by atoms with Gasteiger partial charge < -0.3 is 10.1 Å². The van der Waals surface area contributed by atoms with Crippen molar-refractivity contribution in [1.82, 2.24) is 5.32 Å². The van der Waals surface area contributed by atoms with Crippen LogP contribution in [0.25, 0.3) is 0 Å². The van der Waals surface area contributed by atoms with Crippen LogP contribution in [0, 0.1) is 0 Å². The Morgan fingerprint density at radius 1 is 1.31 bits per heavy atom. The smallest absolute Gasteiger partial charge is 0.119 e. The fourth-order valence-electron chi connectivity index (χ4n) is 2.60. The summed E-state index contributed by atoms with van der Waals surface area (Å²) < 4.78 is 5.31. The van der Waals surface area contributed by atoms with Crippen molar-refractivity contribution in [2.45, 2.75) is 37.6 Å². The number of ether oxygens (including phenoxy) is 1. The number of aryl methyl sites for hydroxylation is 1. The lowest BCUT2D eigenvalue weighted by molar-refractivity contribution is 0.414. The summed E-state index contributed by atoms with van der Waals surface area (Å²) in [6.07, 6.45) is 5.27. The van der Waals surface area contributed by atoms with Crippen molar-refractivity contribution in [2.75, 3.05) is 13.7 Å². The maximum Gasteiger partial charge on any atom is 0.119 e. The highest BCUT2D eigenvalue weighted by molar-refractivity contribution is 5.41. The van der Waals surface area contributed by atoms with Crippen molar-refractivity contribution < 1.29 is 4.74 Å². The summed E-state index contributed by atoms with van der Waals surface area (Å²) in [6, 6.07) is 7.34. The summed E-state index contributed by atoms with van der Waals surface area (Å²) >= 11 is 0. The van der Waals surface area contributed by atoms with Gasteiger partial charge in [-0.05, 0) is 54.9 Å². The molecule has 0 bridgehead atoms. The van der Waals surface area contributed by atoms with Gasteiger partial charge in [0.2, 0.25) is 0 Å². The Labute approximate surface area is 97.0 Å². The van der Waals surface area contributed by atoms with Crippen LogP contribution >= 0.6 is 0 Å². The first-order valence-electron chi connectivity index (χ1n) is 6.27. The third-order valence-electron chi connectivity index (χ3n) is 3.79. The van der Waals surface area contributed by atoms with Gasteiger partial charge in [-0.2, -0.15) is 0 Å².